The van der Waals surface area contributed by atoms with Crippen LogP contribution in [0.2, 0.25) is 0 Å². The third kappa shape index (κ3) is 14.4. The minimum atomic E-state index is -1.34. The van der Waals surface area contributed by atoms with Gasteiger partial charge in [-0.2, -0.15) is 0 Å². The lowest BCUT2D eigenvalue weighted by Gasteiger charge is -2.30. The van der Waals surface area contributed by atoms with Gasteiger partial charge in [-0.3, -0.25) is 9.59 Å². The van der Waals surface area contributed by atoms with Gasteiger partial charge in [0.05, 0.1) is 0 Å². The van der Waals surface area contributed by atoms with Crippen molar-refractivity contribution in [3.63, 3.8) is 0 Å². The molecule has 2 unspecified atom stereocenters. The highest BCUT2D eigenvalue weighted by atomic mass is 16.6. The molecule has 0 saturated heterocycles. The number of carbonyl (C=O) groups is 5. The summed E-state index contributed by atoms with van der Waals surface area (Å²) in [5.41, 5.74) is 0.106. The Morgan fingerprint density at radius 2 is 1.40 bits per heavy atom. The van der Waals surface area contributed by atoms with Gasteiger partial charge in [-0.15, -0.1) is 0 Å². The third-order valence-corrected chi connectivity index (χ3v) is 7.34. The molecule has 0 aromatic heterocycles. The molecule has 2 aromatic rings. The number of carboxylic acids is 2. The summed E-state index contributed by atoms with van der Waals surface area (Å²) in [6, 6.07) is 11.1. The molecule has 0 spiro atoms. The summed E-state index contributed by atoms with van der Waals surface area (Å²) in [5, 5.41) is 24.3. The standard InChI is InChI=1S/C36H51N3O9/c1-6-8-13-19-39(20-14-9-7-2)33(43)29(23-26-17-18-30(47-24-31(40)41)27(21-26)34(44)45)37-32(42)28(22-25-15-11-10-12-16-25)38-35(46)48-36(3,4)5/h10-12,15-18,21,28-29H,6-9,13-14,19-20,22-24H2,1-5H3,(H,37,42)(H,38,46)(H,40,41)(H,44,45). The van der Waals surface area contributed by atoms with E-state index in [4.69, 9.17) is 14.6 Å². The first kappa shape index (κ1) is 39.6. The van der Waals surface area contributed by atoms with Crippen molar-refractivity contribution in [3.8, 4) is 5.75 Å². The second-order valence-corrected chi connectivity index (χ2v) is 12.7. The number of carboxylic acid groups (broad SMARTS) is 2. The summed E-state index contributed by atoms with van der Waals surface area (Å²) >= 11 is 0. The maximum atomic E-state index is 14.2. The maximum absolute atomic E-state index is 14.2. The smallest absolute Gasteiger partial charge is 0.408 e. The van der Waals surface area contributed by atoms with Crippen LogP contribution in [0.3, 0.4) is 0 Å². The van der Waals surface area contributed by atoms with E-state index in [0.717, 1.165) is 44.1 Å². The molecule has 12 heteroatoms. The van der Waals surface area contributed by atoms with E-state index in [1.807, 2.05) is 30.3 Å². The van der Waals surface area contributed by atoms with Gasteiger partial charge in [-0.05, 0) is 56.9 Å². The number of aromatic carboxylic acids is 1. The summed E-state index contributed by atoms with van der Waals surface area (Å²) in [5.74, 6) is -3.67. The van der Waals surface area contributed by atoms with Crippen LogP contribution in [0.4, 0.5) is 4.79 Å². The second-order valence-electron chi connectivity index (χ2n) is 12.7. The number of ether oxygens (including phenoxy) is 2. The molecule has 12 nitrogen and oxygen atoms in total. The van der Waals surface area contributed by atoms with Crippen molar-refractivity contribution in [2.75, 3.05) is 19.7 Å². The summed E-state index contributed by atoms with van der Waals surface area (Å²) in [6.07, 6.45) is 4.61. The van der Waals surface area contributed by atoms with Crippen LogP contribution in [0.5, 0.6) is 5.75 Å². The molecule has 3 amide bonds. The molecule has 2 atom stereocenters. The molecule has 0 saturated carbocycles. The van der Waals surface area contributed by atoms with Gasteiger partial charge in [0.15, 0.2) is 6.61 Å². The van der Waals surface area contributed by atoms with Gasteiger partial charge in [0.25, 0.3) is 0 Å². The average Bonchev–Trinajstić information content (AvgIpc) is 3.02. The van der Waals surface area contributed by atoms with Crippen LogP contribution in [0.15, 0.2) is 48.5 Å². The summed E-state index contributed by atoms with van der Waals surface area (Å²) in [4.78, 5) is 65.8. The summed E-state index contributed by atoms with van der Waals surface area (Å²) in [7, 11) is 0. The van der Waals surface area contributed by atoms with E-state index in [-0.39, 0.29) is 30.1 Å². The molecule has 0 aliphatic carbocycles. The second kappa shape index (κ2) is 19.9. The van der Waals surface area contributed by atoms with E-state index in [9.17, 15) is 29.1 Å². The van der Waals surface area contributed by atoms with E-state index < -0.39 is 48.2 Å². The van der Waals surface area contributed by atoms with Crippen LogP contribution in [-0.2, 0) is 32.0 Å². The molecule has 0 heterocycles. The number of amides is 3. The SMILES string of the molecule is CCCCCN(CCCCC)C(=O)C(Cc1ccc(OCC(=O)O)c(C(=O)O)c1)NC(=O)C(Cc1ccccc1)NC(=O)OC(C)(C)C. The molecule has 4 N–H and O–H groups in total. The van der Waals surface area contributed by atoms with Crippen LogP contribution in [0.25, 0.3) is 0 Å². The van der Waals surface area contributed by atoms with Crippen molar-refractivity contribution in [2.45, 2.75) is 104 Å². The molecule has 0 aliphatic heterocycles. The number of nitrogens with zero attached hydrogens (tertiary/aromatic N) is 1. The zero-order valence-corrected chi connectivity index (χ0v) is 28.8. The average molecular weight is 670 g/mol. The highest BCUT2D eigenvalue weighted by Crippen LogP contribution is 2.22. The van der Waals surface area contributed by atoms with Gasteiger partial charge < -0.3 is 35.2 Å². The predicted molar refractivity (Wildman–Crippen MR) is 181 cm³/mol. The lowest BCUT2D eigenvalue weighted by atomic mass is 10.00. The van der Waals surface area contributed by atoms with E-state index >= 15 is 0 Å². The van der Waals surface area contributed by atoms with Crippen molar-refractivity contribution >= 4 is 29.8 Å². The first-order chi connectivity index (χ1) is 22.7. The Balaban J connectivity index is 2.49. The molecule has 0 aliphatic rings. The van der Waals surface area contributed by atoms with E-state index in [1.54, 1.807) is 25.7 Å². The Bertz CT molecular complexity index is 1350. The monoisotopic (exact) mass is 669 g/mol. The van der Waals surface area contributed by atoms with Gasteiger partial charge in [0.2, 0.25) is 11.8 Å². The molecule has 264 valence electrons. The minimum Gasteiger partial charge on any atom is -0.481 e. The topological polar surface area (TPSA) is 172 Å². The Morgan fingerprint density at radius 1 is 0.792 bits per heavy atom. The first-order valence-corrected chi connectivity index (χ1v) is 16.6. The molecule has 2 rings (SSSR count). The lowest BCUT2D eigenvalue weighted by molar-refractivity contribution is -0.139. The van der Waals surface area contributed by atoms with Gasteiger partial charge in [0, 0.05) is 25.9 Å². The minimum absolute atomic E-state index is 0.0629. The quantitative estimate of drug-likeness (QED) is 0.138. The third-order valence-electron chi connectivity index (χ3n) is 7.34. The van der Waals surface area contributed by atoms with Gasteiger partial charge in [-0.1, -0.05) is 75.9 Å². The predicted octanol–water partition coefficient (Wildman–Crippen LogP) is 5.22. The number of hydrogen-bond donors (Lipinski definition) is 4. The van der Waals surface area contributed by atoms with Crippen molar-refractivity contribution < 1.29 is 43.7 Å². The van der Waals surface area contributed by atoms with Crippen molar-refractivity contribution in [3.05, 3.63) is 65.2 Å². The van der Waals surface area contributed by atoms with Crippen molar-refractivity contribution in [1.29, 1.82) is 0 Å². The van der Waals surface area contributed by atoms with Crippen LogP contribution in [0, 0.1) is 0 Å². The highest BCUT2D eigenvalue weighted by Gasteiger charge is 2.31. The molecular weight excluding hydrogens is 618 g/mol. The maximum Gasteiger partial charge on any atom is 0.408 e. The zero-order valence-electron chi connectivity index (χ0n) is 28.8. The molecule has 0 fully saturated rings. The van der Waals surface area contributed by atoms with E-state index in [0.29, 0.717) is 18.7 Å². The van der Waals surface area contributed by atoms with Gasteiger partial charge >= 0.3 is 18.0 Å². The molecule has 2 aromatic carbocycles. The number of aliphatic carboxylic acids is 1. The van der Waals surface area contributed by atoms with Gasteiger partial charge in [-0.25, -0.2) is 14.4 Å². The number of alkyl carbamates (subject to hydrolysis) is 1. The molecule has 0 radical (unpaired) electrons. The number of nitrogens with one attached hydrogen (secondary N) is 2. The number of unbranched alkanes of at least 4 members (excludes halogenated alkanes) is 4. The number of rotatable bonds is 20. The fourth-order valence-electron chi connectivity index (χ4n) is 5.01. The van der Waals surface area contributed by atoms with Crippen LogP contribution in [-0.4, -0.2) is 82.3 Å². The first-order valence-electron chi connectivity index (χ1n) is 16.6. The zero-order chi connectivity index (χ0) is 35.7. The van der Waals surface area contributed by atoms with Crippen LogP contribution < -0.4 is 15.4 Å². The highest BCUT2D eigenvalue weighted by molar-refractivity contribution is 5.93. The van der Waals surface area contributed by atoms with Crippen LogP contribution >= 0.6 is 0 Å². The fraction of sp³-hybridized carbons (Fsp3) is 0.528. The molecule has 0 bridgehead atoms. The number of benzene rings is 2. The number of carbonyl (C=O) groups excluding carboxylic acids is 3. The largest absolute Gasteiger partial charge is 0.481 e. The van der Waals surface area contributed by atoms with E-state index in [2.05, 4.69) is 24.5 Å². The Morgan fingerprint density at radius 3 is 1.94 bits per heavy atom. The Labute approximate surface area is 283 Å². The Kier molecular flexibility index (Phi) is 16.4. The summed E-state index contributed by atoms with van der Waals surface area (Å²) < 4.78 is 10.6. The van der Waals surface area contributed by atoms with Crippen molar-refractivity contribution in [2.24, 2.45) is 0 Å². The van der Waals surface area contributed by atoms with Gasteiger partial charge in [0.1, 0.15) is 29.0 Å². The van der Waals surface area contributed by atoms with E-state index in [1.165, 1.54) is 18.2 Å². The summed E-state index contributed by atoms with van der Waals surface area (Å²) in [6.45, 7) is 9.54. The normalized spacial score (nSPS) is 12.4. The lowest BCUT2D eigenvalue weighted by Crippen LogP contribution is -2.56. The fourth-order valence-corrected chi connectivity index (χ4v) is 5.01. The van der Waals surface area contributed by atoms with Crippen molar-refractivity contribution in [1.82, 2.24) is 15.5 Å². The number of hydrogen-bond acceptors (Lipinski definition) is 7. The Hall–Kier alpha value is -4.61. The molecular formula is C36H51N3O9. The molecule has 48 heavy (non-hydrogen) atoms. The van der Waals surface area contributed by atoms with Crippen LogP contribution in [0.1, 0.15) is 94.6 Å².